The molecule has 0 aliphatic carbocycles. The summed E-state index contributed by atoms with van der Waals surface area (Å²) < 4.78 is 20.8. The number of carbonyl (C=O) groups is 1. The van der Waals surface area contributed by atoms with E-state index >= 15 is 0 Å². The number of thioether (sulfide) groups is 1. The summed E-state index contributed by atoms with van der Waals surface area (Å²) in [5.41, 5.74) is 1.31. The molecular formula is C16H18N2O5S. The Balaban J connectivity index is 2.72. The minimum Gasteiger partial charge on any atom is -0.493 e. The van der Waals surface area contributed by atoms with Crippen LogP contribution in [0.25, 0.3) is 11.3 Å². The van der Waals surface area contributed by atoms with E-state index in [0.29, 0.717) is 33.7 Å². The van der Waals surface area contributed by atoms with Crippen LogP contribution in [-0.2, 0) is 4.74 Å². The van der Waals surface area contributed by atoms with E-state index in [1.807, 2.05) is 6.26 Å². The van der Waals surface area contributed by atoms with E-state index in [0.717, 1.165) is 0 Å². The normalized spacial score (nSPS) is 10.2. The summed E-state index contributed by atoms with van der Waals surface area (Å²) in [6.07, 6.45) is 3.30. The predicted molar refractivity (Wildman–Crippen MR) is 90.2 cm³/mol. The first-order valence-electron chi connectivity index (χ1n) is 6.89. The van der Waals surface area contributed by atoms with E-state index in [2.05, 4.69) is 9.97 Å². The lowest BCUT2D eigenvalue weighted by Crippen LogP contribution is -2.07. The monoisotopic (exact) mass is 350 g/mol. The van der Waals surface area contributed by atoms with Gasteiger partial charge in [-0.25, -0.2) is 14.8 Å². The van der Waals surface area contributed by atoms with Gasteiger partial charge in [0.05, 0.1) is 34.1 Å². The van der Waals surface area contributed by atoms with Crippen molar-refractivity contribution in [3.63, 3.8) is 0 Å². The quantitative estimate of drug-likeness (QED) is 0.447. The number of aromatic nitrogens is 2. The highest BCUT2D eigenvalue weighted by Gasteiger charge is 2.21. The zero-order chi connectivity index (χ0) is 17.7. The van der Waals surface area contributed by atoms with Crippen LogP contribution in [0.5, 0.6) is 17.2 Å². The summed E-state index contributed by atoms with van der Waals surface area (Å²) in [7, 11) is 5.88. The highest BCUT2D eigenvalue weighted by atomic mass is 32.2. The fourth-order valence-corrected chi connectivity index (χ4v) is 2.50. The standard InChI is InChI=1S/C16H18N2O5S/c1-20-11-6-9(7-12(21-2)14(11)22-3)13-10(15(19)23-4)8-17-16(18-13)24-5/h6-8H,1-5H3. The molecule has 0 radical (unpaired) electrons. The van der Waals surface area contributed by atoms with Crippen LogP contribution in [0.1, 0.15) is 10.4 Å². The van der Waals surface area contributed by atoms with Gasteiger partial charge in [0.15, 0.2) is 16.7 Å². The maximum atomic E-state index is 12.0. The van der Waals surface area contributed by atoms with Gasteiger partial charge in [0.2, 0.25) is 5.75 Å². The van der Waals surface area contributed by atoms with Gasteiger partial charge in [-0.1, -0.05) is 11.8 Å². The van der Waals surface area contributed by atoms with E-state index in [9.17, 15) is 4.79 Å². The molecule has 2 aromatic rings. The third-order valence-electron chi connectivity index (χ3n) is 3.29. The first kappa shape index (κ1) is 17.9. The Labute approximate surface area is 144 Å². The Hall–Kier alpha value is -2.48. The topological polar surface area (TPSA) is 79.8 Å². The molecule has 0 bridgehead atoms. The Morgan fingerprint density at radius 3 is 2.12 bits per heavy atom. The molecule has 0 aliphatic heterocycles. The number of hydrogen-bond donors (Lipinski definition) is 0. The minimum absolute atomic E-state index is 0.254. The molecule has 0 aliphatic rings. The molecule has 1 heterocycles. The fraction of sp³-hybridized carbons (Fsp3) is 0.312. The van der Waals surface area contributed by atoms with Crippen molar-refractivity contribution in [2.75, 3.05) is 34.7 Å². The van der Waals surface area contributed by atoms with Crippen molar-refractivity contribution in [2.24, 2.45) is 0 Å². The summed E-state index contributed by atoms with van der Waals surface area (Å²) in [5.74, 6) is 0.868. The molecule has 7 nitrogen and oxygen atoms in total. The number of hydrogen-bond acceptors (Lipinski definition) is 8. The summed E-state index contributed by atoms with van der Waals surface area (Å²) in [6, 6.07) is 3.44. The van der Waals surface area contributed by atoms with Gasteiger partial charge in [-0.05, 0) is 18.4 Å². The molecule has 1 aromatic heterocycles. The van der Waals surface area contributed by atoms with Gasteiger partial charge in [-0.2, -0.15) is 0 Å². The highest BCUT2D eigenvalue weighted by molar-refractivity contribution is 7.98. The molecule has 0 spiro atoms. The average molecular weight is 350 g/mol. The fourth-order valence-electron chi connectivity index (χ4n) is 2.16. The number of rotatable bonds is 6. The van der Waals surface area contributed by atoms with Gasteiger partial charge in [0.25, 0.3) is 0 Å². The van der Waals surface area contributed by atoms with Gasteiger partial charge >= 0.3 is 5.97 Å². The molecule has 0 amide bonds. The van der Waals surface area contributed by atoms with Crippen LogP contribution < -0.4 is 14.2 Å². The second-order valence-electron chi connectivity index (χ2n) is 4.52. The molecule has 0 saturated heterocycles. The molecule has 0 atom stereocenters. The Morgan fingerprint density at radius 2 is 1.67 bits per heavy atom. The van der Waals surface area contributed by atoms with E-state index in [-0.39, 0.29) is 5.56 Å². The van der Waals surface area contributed by atoms with Crippen molar-refractivity contribution in [1.29, 1.82) is 0 Å². The summed E-state index contributed by atoms with van der Waals surface area (Å²) >= 11 is 1.37. The van der Waals surface area contributed by atoms with Crippen LogP contribution in [0.3, 0.4) is 0 Å². The van der Waals surface area contributed by atoms with Crippen molar-refractivity contribution in [2.45, 2.75) is 5.16 Å². The van der Waals surface area contributed by atoms with Crippen molar-refractivity contribution >= 4 is 17.7 Å². The molecule has 2 rings (SSSR count). The molecular weight excluding hydrogens is 332 g/mol. The molecule has 24 heavy (non-hydrogen) atoms. The van der Waals surface area contributed by atoms with Crippen LogP contribution >= 0.6 is 11.8 Å². The lowest BCUT2D eigenvalue weighted by Gasteiger charge is -2.15. The number of benzene rings is 1. The molecule has 0 unspecified atom stereocenters. The Bertz CT molecular complexity index is 726. The highest BCUT2D eigenvalue weighted by Crippen LogP contribution is 2.41. The van der Waals surface area contributed by atoms with E-state index < -0.39 is 5.97 Å². The first-order valence-corrected chi connectivity index (χ1v) is 8.11. The summed E-state index contributed by atoms with van der Waals surface area (Å²) in [6.45, 7) is 0. The predicted octanol–water partition coefficient (Wildman–Crippen LogP) is 2.68. The van der Waals surface area contributed by atoms with Gasteiger partial charge < -0.3 is 18.9 Å². The van der Waals surface area contributed by atoms with E-state index in [1.165, 1.54) is 46.4 Å². The molecule has 8 heteroatoms. The zero-order valence-electron chi connectivity index (χ0n) is 14.1. The molecule has 0 fully saturated rings. The van der Waals surface area contributed by atoms with Crippen LogP contribution in [0.4, 0.5) is 0 Å². The zero-order valence-corrected chi connectivity index (χ0v) is 14.9. The van der Waals surface area contributed by atoms with Crippen LogP contribution in [-0.4, -0.2) is 50.6 Å². The summed E-state index contributed by atoms with van der Waals surface area (Å²) in [4.78, 5) is 20.6. The number of esters is 1. The minimum atomic E-state index is -0.522. The SMILES string of the molecule is COC(=O)c1cnc(SC)nc1-c1cc(OC)c(OC)c(OC)c1. The second kappa shape index (κ2) is 7.87. The van der Waals surface area contributed by atoms with Crippen molar-refractivity contribution in [1.82, 2.24) is 9.97 Å². The molecule has 128 valence electrons. The maximum absolute atomic E-state index is 12.0. The van der Waals surface area contributed by atoms with Crippen molar-refractivity contribution < 1.29 is 23.7 Å². The van der Waals surface area contributed by atoms with E-state index in [1.54, 1.807) is 12.1 Å². The van der Waals surface area contributed by atoms with Crippen LogP contribution in [0.2, 0.25) is 0 Å². The third kappa shape index (κ3) is 3.38. The molecule has 0 saturated carbocycles. The Morgan fingerprint density at radius 1 is 1.04 bits per heavy atom. The lowest BCUT2D eigenvalue weighted by molar-refractivity contribution is 0.0600. The van der Waals surface area contributed by atoms with Gasteiger partial charge in [0.1, 0.15) is 5.56 Å². The van der Waals surface area contributed by atoms with Crippen molar-refractivity contribution in [3.8, 4) is 28.5 Å². The third-order valence-corrected chi connectivity index (χ3v) is 3.85. The number of carbonyl (C=O) groups excluding carboxylic acids is 1. The number of nitrogens with zero attached hydrogens (tertiary/aromatic N) is 2. The first-order chi connectivity index (χ1) is 11.6. The number of ether oxygens (including phenoxy) is 4. The van der Waals surface area contributed by atoms with Gasteiger partial charge in [-0.15, -0.1) is 0 Å². The van der Waals surface area contributed by atoms with Crippen LogP contribution in [0.15, 0.2) is 23.5 Å². The van der Waals surface area contributed by atoms with Gasteiger partial charge in [0, 0.05) is 11.8 Å². The van der Waals surface area contributed by atoms with Gasteiger partial charge in [-0.3, -0.25) is 0 Å². The van der Waals surface area contributed by atoms with Crippen molar-refractivity contribution in [3.05, 3.63) is 23.9 Å². The van der Waals surface area contributed by atoms with Crippen LogP contribution in [0, 0.1) is 0 Å². The molecule has 1 aromatic carbocycles. The maximum Gasteiger partial charge on any atom is 0.341 e. The van der Waals surface area contributed by atoms with E-state index in [4.69, 9.17) is 18.9 Å². The molecule has 0 N–H and O–H groups in total. The smallest absolute Gasteiger partial charge is 0.341 e. The number of methoxy groups -OCH3 is 4. The average Bonchev–Trinajstić information content (AvgIpc) is 2.65. The Kier molecular flexibility index (Phi) is 5.86. The largest absolute Gasteiger partial charge is 0.493 e. The second-order valence-corrected chi connectivity index (χ2v) is 5.30. The lowest BCUT2D eigenvalue weighted by atomic mass is 10.1. The summed E-state index contributed by atoms with van der Waals surface area (Å²) in [5, 5.41) is 0.534.